The summed E-state index contributed by atoms with van der Waals surface area (Å²) in [5.74, 6) is 2.56. The number of nitrogens with zero attached hydrogens (tertiary/aromatic N) is 4. The molecule has 6 nitrogen and oxygen atoms in total. The molecule has 1 aromatic carbocycles. The van der Waals surface area contributed by atoms with Gasteiger partial charge in [-0.1, -0.05) is 0 Å². The van der Waals surface area contributed by atoms with Crippen LogP contribution in [0.5, 0.6) is 0 Å². The molecule has 0 fully saturated rings. The fraction of sp³-hybridized carbons (Fsp3) is 0.571. The summed E-state index contributed by atoms with van der Waals surface area (Å²) in [5, 5.41) is 0. The van der Waals surface area contributed by atoms with Crippen LogP contribution in [-0.4, -0.2) is 46.2 Å². The molecule has 0 aliphatic carbocycles. The Hall–Kier alpha value is -1.63. The van der Waals surface area contributed by atoms with E-state index in [2.05, 4.69) is 81.7 Å². The van der Waals surface area contributed by atoms with Gasteiger partial charge in [-0.25, -0.2) is 0 Å². The molecule has 0 spiro atoms. The second-order valence-electron chi connectivity index (χ2n) is 8.19. The molecule has 2 aromatic rings. The van der Waals surface area contributed by atoms with Crippen LogP contribution < -0.4 is 0 Å². The Labute approximate surface area is 177 Å². The maximum absolute atomic E-state index is 5.87. The number of aromatic nitrogens is 2. The van der Waals surface area contributed by atoms with Crippen LogP contribution in [0.3, 0.4) is 0 Å². The van der Waals surface area contributed by atoms with Crippen LogP contribution in [0.4, 0.5) is 0 Å². The number of fused-ring (bicyclic) bond motifs is 1. The summed E-state index contributed by atoms with van der Waals surface area (Å²) in [4.78, 5) is 9.53. The van der Waals surface area contributed by atoms with Crippen molar-refractivity contribution in [1.29, 1.82) is 0 Å². The third-order valence-corrected chi connectivity index (χ3v) is 6.25. The molecule has 1 aromatic heterocycles. The first-order valence-corrected chi connectivity index (χ1v) is 10.7. The molecule has 4 rings (SSSR count). The molecule has 0 N–H and O–H groups in total. The average Bonchev–Trinajstić information content (AvgIpc) is 3.38. The van der Waals surface area contributed by atoms with Gasteiger partial charge in [0.2, 0.25) is 0 Å². The Morgan fingerprint density at radius 3 is 1.68 bits per heavy atom. The van der Waals surface area contributed by atoms with Gasteiger partial charge in [-0.15, -0.1) is 0 Å². The molecule has 0 saturated heterocycles. The summed E-state index contributed by atoms with van der Waals surface area (Å²) in [6.07, 6.45) is 0. The van der Waals surface area contributed by atoms with E-state index in [4.69, 9.17) is 19.5 Å². The van der Waals surface area contributed by atoms with Gasteiger partial charge >= 0.3 is 178 Å². The van der Waals surface area contributed by atoms with Gasteiger partial charge in [0, 0.05) is 0 Å². The van der Waals surface area contributed by atoms with Crippen LogP contribution in [0.25, 0.3) is 11.0 Å². The predicted octanol–water partition coefficient (Wildman–Crippen LogP) is 3.43. The summed E-state index contributed by atoms with van der Waals surface area (Å²) in [7, 11) is 0. The van der Waals surface area contributed by atoms with E-state index in [-0.39, 0.29) is 12.1 Å². The minimum atomic E-state index is 0.247. The van der Waals surface area contributed by atoms with E-state index in [9.17, 15) is 0 Å². The number of imidazole rings is 1. The number of ether oxygens (including phenoxy) is 2. The Bertz CT molecular complexity index is 910. The summed E-state index contributed by atoms with van der Waals surface area (Å²) < 4.78 is 17.1. The fourth-order valence-corrected chi connectivity index (χ4v) is 4.14. The van der Waals surface area contributed by atoms with Gasteiger partial charge in [-0.3, -0.25) is 0 Å². The number of hydrogen-bond donors (Lipinski definition) is 0. The fourth-order valence-electron chi connectivity index (χ4n) is 3.54. The van der Waals surface area contributed by atoms with Crippen molar-refractivity contribution in [3.63, 3.8) is 0 Å². The molecule has 2 atom stereocenters. The van der Waals surface area contributed by atoms with Gasteiger partial charge in [0.25, 0.3) is 0 Å². The van der Waals surface area contributed by atoms with Crippen LogP contribution in [-0.2, 0) is 43.2 Å². The van der Waals surface area contributed by atoms with Gasteiger partial charge in [0.15, 0.2) is 0 Å². The zero-order chi connectivity index (χ0) is 19.8. The molecule has 2 aliphatic rings. The molecule has 2 aliphatic heterocycles. The topological polar surface area (TPSA) is 53.0 Å². The first-order chi connectivity index (χ1) is 13.4. The molecule has 0 radical (unpaired) electrons. The van der Waals surface area contributed by atoms with Crippen LogP contribution in [0, 0.1) is 15.5 Å². The van der Waals surface area contributed by atoms with Gasteiger partial charge in [-0.05, 0) is 0 Å². The zero-order valence-electron chi connectivity index (χ0n) is 16.9. The van der Waals surface area contributed by atoms with Crippen LogP contribution in [0.15, 0.2) is 34.3 Å². The van der Waals surface area contributed by atoms with Crippen LogP contribution in [0.2, 0.25) is 0 Å². The third kappa shape index (κ3) is 3.78. The van der Waals surface area contributed by atoms with Crippen molar-refractivity contribution in [3.8, 4) is 0 Å². The number of aliphatic imine (C=N–C) groups is 2. The second kappa shape index (κ2) is 8.01. The maximum atomic E-state index is 5.87. The van der Waals surface area contributed by atoms with E-state index >= 15 is 0 Å². The first kappa shape index (κ1) is 19.7. The summed E-state index contributed by atoms with van der Waals surface area (Å²) in [6, 6.07) is 8.86. The molecule has 0 unspecified atom stereocenters. The van der Waals surface area contributed by atoms with Crippen LogP contribution in [0.1, 0.15) is 27.7 Å². The summed E-state index contributed by atoms with van der Waals surface area (Å²) >= 11 is 3.82. The van der Waals surface area contributed by atoms with Crippen molar-refractivity contribution in [2.75, 3.05) is 13.2 Å². The number of para-hydroxylation sites is 2. The molecule has 155 valence electrons. The zero-order valence-corrected chi connectivity index (χ0v) is 18.3. The Morgan fingerprint density at radius 2 is 1.32 bits per heavy atom. The Balaban J connectivity index is 1.66. The van der Waals surface area contributed by atoms with E-state index in [1.165, 1.54) is 0 Å². The summed E-state index contributed by atoms with van der Waals surface area (Å²) in [6.45, 7) is 11.3. The average molecular weight is 476 g/mol. The van der Waals surface area contributed by atoms with Crippen molar-refractivity contribution < 1.29 is 30.1 Å². The van der Waals surface area contributed by atoms with E-state index in [1.807, 2.05) is 0 Å². The van der Waals surface area contributed by atoms with E-state index in [1.54, 1.807) is 0 Å². The Kier molecular flexibility index (Phi) is 5.63. The summed E-state index contributed by atoms with van der Waals surface area (Å²) in [5.41, 5.74) is 2.26. The van der Waals surface area contributed by atoms with E-state index in [0.29, 0.717) is 38.1 Å². The van der Waals surface area contributed by atoms with Crippen molar-refractivity contribution in [1.82, 2.24) is 9.13 Å². The van der Waals surface area contributed by atoms with Crippen molar-refractivity contribution >= 4 is 22.8 Å². The van der Waals surface area contributed by atoms with Crippen molar-refractivity contribution in [2.24, 2.45) is 21.8 Å². The molecule has 0 saturated carbocycles. The first-order valence-electron chi connectivity index (χ1n) is 9.95. The number of rotatable bonds is 6. The second-order valence-corrected chi connectivity index (χ2v) is 8.85. The van der Waals surface area contributed by atoms with E-state index < -0.39 is 0 Å². The van der Waals surface area contributed by atoms with Crippen molar-refractivity contribution in [3.05, 3.63) is 27.9 Å². The molecule has 0 amide bonds. The standard InChI is InChI=1S/C21H28N4O2.Ag/c1-14(2)16-11-26-20(22-16)9-24-13-25(19-8-6-5-7-18(19)24)10-21-23-17(12-27-21)15(3)4;/h5-8,14-17H,9-12H2,1-4H3;/t16-,17-;/m1./s1. The number of hydrogen-bond acceptors (Lipinski definition) is 4. The van der Waals surface area contributed by atoms with Gasteiger partial charge < -0.3 is 0 Å². The molecular weight excluding hydrogens is 448 g/mol. The van der Waals surface area contributed by atoms with Gasteiger partial charge in [-0.2, -0.15) is 0 Å². The van der Waals surface area contributed by atoms with Crippen molar-refractivity contribution in [2.45, 2.75) is 52.9 Å². The molecule has 7 heteroatoms. The Morgan fingerprint density at radius 1 is 0.893 bits per heavy atom. The third-order valence-electron chi connectivity index (χ3n) is 5.45. The SMILES string of the molecule is CC(C)[C@H]1COC(Cn2[c](=[Ag])n(CC3=N[C@@H](C(C)C)CO3)c3ccccc32)=N1. The van der Waals surface area contributed by atoms with Gasteiger partial charge in [0.05, 0.1) is 0 Å². The van der Waals surface area contributed by atoms with Crippen LogP contribution >= 0.6 is 0 Å². The van der Waals surface area contributed by atoms with Gasteiger partial charge in [0.1, 0.15) is 0 Å². The predicted molar refractivity (Wildman–Crippen MR) is 107 cm³/mol. The normalized spacial score (nSPS) is 22.0. The van der Waals surface area contributed by atoms with E-state index in [0.717, 1.165) is 26.5 Å². The minimum absolute atomic E-state index is 0.247. The molecular formula is C21H28AgN4O2. The quantitative estimate of drug-likeness (QED) is 0.601. The monoisotopic (exact) mass is 475 g/mol. The molecule has 28 heavy (non-hydrogen) atoms. The number of benzene rings is 1. The molecule has 0 bridgehead atoms. The molecule has 3 heterocycles.